The molecule has 0 amide bonds. The number of rotatable bonds is 4. The first kappa shape index (κ1) is 12.1. The second-order valence-electron chi connectivity index (χ2n) is 1.76. The number of hydrogen-bond donors (Lipinski definition) is 2. The van der Waals surface area contributed by atoms with Crippen LogP contribution in [0.3, 0.4) is 0 Å². The summed E-state index contributed by atoms with van der Waals surface area (Å²) in [6.07, 6.45) is 1.62. The molecule has 0 aliphatic heterocycles. The first-order valence-electron chi connectivity index (χ1n) is 2.75. The van der Waals surface area contributed by atoms with E-state index in [0.29, 0.717) is 6.54 Å². The second kappa shape index (κ2) is 6.51. The quantitative estimate of drug-likeness (QED) is 0.401. The average Bonchev–Trinajstić information content (AvgIpc) is 1.82. The van der Waals surface area contributed by atoms with Crippen molar-refractivity contribution in [3.05, 3.63) is 12.7 Å². The van der Waals surface area contributed by atoms with Crippen LogP contribution < -0.4 is 5.32 Å². The van der Waals surface area contributed by atoms with Gasteiger partial charge in [0.1, 0.15) is 6.04 Å². The van der Waals surface area contributed by atoms with Crippen LogP contribution in [0.1, 0.15) is 6.92 Å². The Balaban J connectivity index is 0. The smallest absolute Gasteiger partial charge is 0.320 e. The maximum Gasteiger partial charge on any atom is 0.320 e. The third-order valence-corrected chi connectivity index (χ3v) is 0.939. The van der Waals surface area contributed by atoms with Crippen LogP contribution in [0.2, 0.25) is 0 Å². The maximum absolute atomic E-state index is 10.1. The van der Waals surface area contributed by atoms with E-state index in [1.165, 1.54) is 0 Å². The molecule has 0 saturated carbocycles. The van der Waals surface area contributed by atoms with Gasteiger partial charge in [-0.05, 0) is 17.9 Å². The van der Waals surface area contributed by atoms with Gasteiger partial charge in [0, 0.05) is 6.54 Å². The topological polar surface area (TPSA) is 49.3 Å². The molecule has 3 nitrogen and oxygen atoms in total. The Hall–Kier alpha value is -0.613. The van der Waals surface area contributed by atoms with E-state index in [1.807, 2.05) is 0 Å². The van der Waals surface area contributed by atoms with Gasteiger partial charge in [-0.3, -0.25) is 4.79 Å². The van der Waals surface area contributed by atoms with E-state index in [2.05, 4.69) is 11.9 Å². The Morgan fingerprint density at radius 2 is 2.40 bits per heavy atom. The molecule has 1 unspecified atom stereocenters. The summed E-state index contributed by atoms with van der Waals surface area (Å²) in [6, 6.07) is -0.483. The predicted molar refractivity (Wildman–Crippen MR) is 46.6 cm³/mol. The van der Waals surface area contributed by atoms with Gasteiger partial charge in [-0.25, -0.2) is 0 Å². The van der Waals surface area contributed by atoms with Crippen molar-refractivity contribution in [3.8, 4) is 0 Å². The number of hydrogen-bond acceptors (Lipinski definition) is 2. The van der Waals surface area contributed by atoms with Gasteiger partial charge in [-0.2, -0.15) is 0 Å². The molecule has 0 fully saturated rings. The summed E-state index contributed by atoms with van der Waals surface area (Å²) in [4.78, 5) is 10.1. The molecular weight excluding hydrogens is 146 g/mol. The molecule has 0 rings (SSSR count). The molecule has 2 N–H and O–H groups in total. The van der Waals surface area contributed by atoms with Gasteiger partial charge in [0.2, 0.25) is 0 Å². The van der Waals surface area contributed by atoms with Crippen molar-refractivity contribution < 1.29 is 9.90 Å². The molecule has 0 heterocycles. The van der Waals surface area contributed by atoms with Crippen molar-refractivity contribution >= 4 is 16.9 Å². The number of nitrogens with one attached hydrogen (secondary N) is 1. The summed E-state index contributed by atoms with van der Waals surface area (Å²) in [5, 5.41) is 11.0. The highest BCUT2D eigenvalue weighted by atomic mass is 28.1. The predicted octanol–water partition coefficient (Wildman–Crippen LogP) is -1.22. The second-order valence-corrected chi connectivity index (χ2v) is 1.76. The summed E-state index contributed by atoms with van der Waals surface area (Å²) in [7, 11) is 0. The fourth-order valence-electron chi connectivity index (χ4n) is 0.347. The molecular formula is C6H15NO2Si. The number of aliphatic carboxylic acids is 1. The van der Waals surface area contributed by atoms with Crippen molar-refractivity contribution in [2.45, 2.75) is 13.0 Å². The van der Waals surface area contributed by atoms with Gasteiger partial charge in [0.15, 0.2) is 0 Å². The summed E-state index contributed by atoms with van der Waals surface area (Å²) in [5.41, 5.74) is 0. The molecule has 60 valence electrons. The lowest BCUT2D eigenvalue weighted by molar-refractivity contribution is -0.138. The van der Waals surface area contributed by atoms with Crippen molar-refractivity contribution in [1.29, 1.82) is 0 Å². The lowest BCUT2D eigenvalue weighted by Gasteiger charge is -2.04. The zero-order chi connectivity index (χ0) is 7.28. The molecule has 0 aliphatic rings. The highest BCUT2D eigenvalue weighted by molar-refractivity contribution is 5.75. The van der Waals surface area contributed by atoms with Crippen molar-refractivity contribution in [2.75, 3.05) is 6.54 Å². The molecule has 0 radical (unpaired) electrons. The van der Waals surface area contributed by atoms with Crippen LogP contribution >= 0.6 is 0 Å². The third-order valence-electron chi connectivity index (χ3n) is 0.939. The van der Waals surface area contributed by atoms with E-state index >= 15 is 0 Å². The van der Waals surface area contributed by atoms with Gasteiger partial charge in [0.25, 0.3) is 0 Å². The summed E-state index contributed by atoms with van der Waals surface area (Å²) >= 11 is 0. The number of carboxylic acid groups (broad SMARTS) is 1. The zero-order valence-corrected chi connectivity index (χ0v) is 5.42. The molecule has 0 spiro atoms. The third kappa shape index (κ3) is 5.52. The molecule has 0 aromatic heterocycles. The first-order chi connectivity index (χ1) is 4.18. The van der Waals surface area contributed by atoms with Crippen LogP contribution in [-0.2, 0) is 4.79 Å². The minimum Gasteiger partial charge on any atom is -0.480 e. The van der Waals surface area contributed by atoms with Crippen LogP contribution in [0.15, 0.2) is 12.7 Å². The van der Waals surface area contributed by atoms with Crippen LogP contribution in [0.5, 0.6) is 0 Å². The Bertz CT molecular complexity index is 116. The molecule has 0 aromatic rings. The SMILES string of the molecule is C=CCNC(C)C(=O)O.[SiH4]. The molecule has 10 heavy (non-hydrogen) atoms. The minimum atomic E-state index is -0.836. The van der Waals surface area contributed by atoms with Crippen LogP contribution in [0, 0.1) is 0 Å². The van der Waals surface area contributed by atoms with Gasteiger partial charge in [-0.15, -0.1) is 6.58 Å². The highest BCUT2D eigenvalue weighted by Gasteiger charge is 2.06. The summed E-state index contributed by atoms with van der Waals surface area (Å²) < 4.78 is 0. The van der Waals surface area contributed by atoms with Gasteiger partial charge in [0.05, 0.1) is 0 Å². The Kier molecular flexibility index (Phi) is 7.87. The Morgan fingerprint density at radius 3 is 2.70 bits per heavy atom. The van der Waals surface area contributed by atoms with Gasteiger partial charge >= 0.3 is 5.97 Å². The van der Waals surface area contributed by atoms with Crippen molar-refractivity contribution in [2.24, 2.45) is 0 Å². The highest BCUT2D eigenvalue weighted by Crippen LogP contribution is 1.78. The maximum atomic E-state index is 10.1. The molecule has 1 atom stereocenters. The lowest BCUT2D eigenvalue weighted by Crippen LogP contribution is -2.33. The summed E-state index contributed by atoms with van der Waals surface area (Å²) in [6.45, 7) is 5.56. The van der Waals surface area contributed by atoms with E-state index in [1.54, 1.807) is 13.0 Å². The Morgan fingerprint density at radius 1 is 1.90 bits per heavy atom. The largest absolute Gasteiger partial charge is 0.480 e. The van der Waals surface area contributed by atoms with E-state index in [9.17, 15) is 4.79 Å². The van der Waals surface area contributed by atoms with Crippen molar-refractivity contribution in [3.63, 3.8) is 0 Å². The van der Waals surface area contributed by atoms with Crippen LogP contribution in [-0.4, -0.2) is 34.6 Å². The molecule has 0 aromatic carbocycles. The van der Waals surface area contributed by atoms with E-state index in [4.69, 9.17) is 5.11 Å². The standard InChI is InChI=1S/C6H11NO2.H4Si/c1-3-4-7-5(2)6(8)9;/h3,5,7H,1,4H2,2H3,(H,8,9);1H4. The van der Waals surface area contributed by atoms with Gasteiger partial charge < -0.3 is 10.4 Å². The normalized spacial score (nSPS) is 11.3. The van der Waals surface area contributed by atoms with E-state index < -0.39 is 12.0 Å². The molecule has 0 saturated heterocycles. The Labute approximate surface area is 65.2 Å². The molecule has 0 bridgehead atoms. The zero-order valence-electron chi connectivity index (χ0n) is 5.42. The first-order valence-corrected chi connectivity index (χ1v) is 2.75. The monoisotopic (exact) mass is 161 g/mol. The summed E-state index contributed by atoms with van der Waals surface area (Å²) in [5.74, 6) is -0.836. The number of carbonyl (C=O) groups is 1. The minimum absolute atomic E-state index is 0. The fourth-order valence-corrected chi connectivity index (χ4v) is 0.347. The van der Waals surface area contributed by atoms with Gasteiger partial charge in [-0.1, -0.05) is 6.08 Å². The molecule has 4 heteroatoms. The lowest BCUT2D eigenvalue weighted by atomic mass is 10.3. The van der Waals surface area contributed by atoms with E-state index in [0.717, 1.165) is 0 Å². The molecule has 0 aliphatic carbocycles. The fraction of sp³-hybridized carbons (Fsp3) is 0.500. The number of carboxylic acids is 1. The average molecular weight is 161 g/mol. The van der Waals surface area contributed by atoms with Crippen LogP contribution in [0.4, 0.5) is 0 Å². The van der Waals surface area contributed by atoms with E-state index in [-0.39, 0.29) is 11.0 Å². The van der Waals surface area contributed by atoms with Crippen LogP contribution in [0.25, 0.3) is 0 Å². The van der Waals surface area contributed by atoms with Crippen molar-refractivity contribution in [1.82, 2.24) is 5.32 Å².